The van der Waals surface area contributed by atoms with Crippen molar-refractivity contribution in [3.63, 3.8) is 0 Å². The molecule has 1 aromatic carbocycles. The Morgan fingerprint density at radius 2 is 1.92 bits per heavy atom. The van der Waals surface area contributed by atoms with Crippen LogP contribution in [0.4, 0.5) is 0 Å². The van der Waals surface area contributed by atoms with E-state index in [-0.39, 0.29) is 0 Å². The van der Waals surface area contributed by atoms with E-state index in [1.54, 1.807) is 5.51 Å². The van der Waals surface area contributed by atoms with E-state index in [2.05, 4.69) is 22.3 Å². The van der Waals surface area contributed by atoms with Gasteiger partial charge in [0, 0.05) is 0 Å². The van der Waals surface area contributed by atoms with Crippen LogP contribution in [0.1, 0.15) is 10.6 Å². The number of aromatic nitrogens is 2. The summed E-state index contributed by atoms with van der Waals surface area (Å²) in [6.45, 7) is 0. The molecule has 0 fully saturated rings. The summed E-state index contributed by atoms with van der Waals surface area (Å²) in [7, 11) is 0. The molecule has 0 unspecified atom stereocenters. The molecule has 2 nitrogen and oxygen atoms in total. The van der Waals surface area contributed by atoms with E-state index in [0.29, 0.717) is 0 Å². The lowest BCUT2D eigenvalue weighted by molar-refractivity contribution is 1.08. The fraction of sp³-hybridized carbons (Fsp3) is 0. The Balaban J connectivity index is 2.15. The molecule has 0 saturated carbocycles. The van der Waals surface area contributed by atoms with Crippen molar-refractivity contribution in [3.05, 3.63) is 46.4 Å². The van der Waals surface area contributed by atoms with E-state index in [4.69, 9.17) is 0 Å². The molecule has 2 aromatic rings. The van der Waals surface area contributed by atoms with Crippen molar-refractivity contribution < 1.29 is 0 Å². The highest BCUT2D eigenvalue weighted by molar-refractivity contribution is 7.10. The molecule has 0 aliphatic rings. The minimum atomic E-state index is 0.934. The summed E-state index contributed by atoms with van der Waals surface area (Å²) in [6, 6.07) is 10.1. The Hall–Kier alpha value is -1.48. The Bertz CT molecular complexity index is 379. The molecule has 0 saturated heterocycles. The first-order valence-corrected chi connectivity index (χ1v) is 4.82. The predicted molar refractivity (Wildman–Crippen MR) is 55.3 cm³/mol. The van der Waals surface area contributed by atoms with Crippen LogP contribution in [0, 0.1) is 0 Å². The van der Waals surface area contributed by atoms with Crippen LogP contribution in [-0.4, -0.2) is 10.2 Å². The summed E-state index contributed by atoms with van der Waals surface area (Å²) >= 11 is 1.53. The minimum absolute atomic E-state index is 0.934. The van der Waals surface area contributed by atoms with Crippen LogP contribution in [-0.2, 0) is 0 Å². The molecule has 0 radical (unpaired) electrons. The van der Waals surface area contributed by atoms with Crippen LogP contribution >= 0.6 is 11.3 Å². The van der Waals surface area contributed by atoms with Gasteiger partial charge in [-0.3, -0.25) is 0 Å². The third kappa shape index (κ3) is 2.23. The van der Waals surface area contributed by atoms with Gasteiger partial charge in [-0.05, 0) is 11.6 Å². The zero-order chi connectivity index (χ0) is 8.93. The van der Waals surface area contributed by atoms with Crippen molar-refractivity contribution in [1.82, 2.24) is 10.2 Å². The third-order valence-electron chi connectivity index (χ3n) is 1.59. The molecule has 0 spiro atoms. The maximum atomic E-state index is 3.91. The smallest absolute Gasteiger partial charge is 0.140 e. The minimum Gasteiger partial charge on any atom is -0.147 e. The Morgan fingerprint density at radius 1 is 1.08 bits per heavy atom. The lowest BCUT2D eigenvalue weighted by Gasteiger charge is -1.88. The van der Waals surface area contributed by atoms with Crippen molar-refractivity contribution in [2.24, 2.45) is 0 Å². The quantitative estimate of drug-likeness (QED) is 0.724. The molecule has 3 heteroatoms. The van der Waals surface area contributed by atoms with E-state index in [9.17, 15) is 0 Å². The molecule has 13 heavy (non-hydrogen) atoms. The average Bonchev–Trinajstić information content (AvgIpc) is 2.69. The van der Waals surface area contributed by atoms with E-state index in [0.717, 1.165) is 5.01 Å². The van der Waals surface area contributed by atoms with Gasteiger partial charge in [0.1, 0.15) is 10.5 Å². The summed E-state index contributed by atoms with van der Waals surface area (Å²) in [6.07, 6.45) is 3.99. The number of nitrogens with zero attached hydrogens (tertiary/aromatic N) is 2. The lowest BCUT2D eigenvalue weighted by atomic mass is 10.2. The van der Waals surface area contributed by atoms with E-state index in [1.807, 2.05) is 30.4 Å². The first-order chi connectivity index (χ1) is 6.45. The number of benzene rings is 1. The van der Waals surface area contributed by atoms with Crippen LogP contribution in [0.5, 0.6) is 0 Å². The monoisotopic (exact) mass is 188 g/mol. The van der Waals surface area contributed by atoms with Crippen molar-refractivity contribution >= 4 is 23.5 Å². The van der Waals surface area contributed by atoms with Crippen molar-refractivity contribution in [2.75, 3.05) is 0 Å². The molecule has 0 aliphatic carbocycles. The van der Waals surface area contributed by atoms with Gasteiger partial charge in [0.25, 0.3) is 0 Å². The molecule has 64 valence electrons. The van der Waals surface area contributed by atoms with Gasteiger partial charge in [-0.15, -0.1) is 21.5 Å². The molecule has 0 aliphatic heterocycles. The first kappa shape index (κ1) is 8.13. The Kier molecular flexibility index (Phi) is 2.48. The second kappa shape index (κ2) is 3.96. The van der Waals surface area contributed by atoms with Crippen molar-refractivity contribution in [1.29, 1.82) is 0 Å². The predicted octanol–water partition coefficient (Wildman–Crippen LogP) is 2.71. The average molecular weight is 188 g/mol. The topological polar surface area (TPSA) is 25.8 Å². The summed E-state index contributed by atoms with van der Waals surface area (Å²) < 4.78 is 0. The van der Waals surface area contributed by atoms with Gasteiger partial charge in [0.05, 0.1) is 0 Å². The number of hydrogen-bond acceptors (Lipinski definition) is 3. The largest absolute Gasteiger partial charge is 0.147 e. The third-order valence-corrected chi connectivity index (χ3v) is 2.25. The zero-order valence-corrected chi connectivity index (χ0v) is 7.74. The summed E-state index contributed by atoms with van der Waals surface area (Å²) in [5.41, 5.74) is 2.91. The molecule has 0 atom stereocenters. The fourth-order valence-corrected chi connectivity index (χ4v) is 1.43. The maximum absolute atomic E-state index is 3.91. The van der Waals surface area contributed by atoms with Gasteiger partial charge in [0.2, 0.25) is 0 Å². The molecule has 0 N–H and O–H groups in total. The molecular weight excluding hydrogens is 180 g/mol. The summed E-state index contributed by atoms with van der Waals surface area (Å²) in [5.74, 6) is 0. The van der Waals surface area contributed by atoms with Crippen molar-refractivity contribution in [3.8, 4) is 0 Å². The molecule has 0 bridgehead atoms. The second-order valence-electron chi connectivity index (χ2n) is 2.52. The molecular formula is C10H8N2S. The summed E-state index contributed by atoms with van der Waals surface area (Å²) in [5, 5.41) is 8.60. The fourth-order valence-electron chi connectivity index (χ4n) is 0.986. The van der Waals surface area contributed by atoms with Gasteiger partial charge < -0.3 is 0 Å². The Morgan fingerprint density at radius 3 is 2.62 bits per heavy atom. The second-order valence-corrected chi connectivity index (χ2v) is 3.39. The SMILES string of the molecule is C(=Cc1nncs1)c1ccccc1. The van der Waals surface area contributed by atoms with Gasteiger partial charge in [-0.1, -0.05) is 36.4 Å². The van der Waals surface area contributed by atoms with Crippen LogP contribution in [0.2, 0.25) is 0 Å². The van der Waals surface area contributed by atoms with Gasteiger partial charge in [0.15, 0.2) is 0 Å². The zero-order valence-electron chi connectivity index (χ0n) is 6.92. The highest BCUT2D eigenvalue weighted by Crippen LogP contribution is 2.08. The van der Waals surface area contributed by atoms with Crippen LogP contribution in [0.15, 0.2) is 35.8 Å². The van der Waals surface area contributed by atoms with E-state index >= 15 is 0 Å². The van der Waals surface area contributed by atoms with Crippen molar-refractivity contribution in [2.45, 2.75) is 0 Å². The summed E-state index contributed by atoms with van der Waals surface area (Å²) in [4.78, 5) is 0. The van der Waals surface area contributed by atoms with E-state index < -0.39 is 0 Å². The molecule has 1 heterocycles. The van der Waals surface area contributed by atoms with Crippen LogP contribution < -0.4 is 0 Å². The number of hydrogen-bond donors (Lipinski definition) is 0. The highest BCUT2D eigenvalue weighted by Gasteiger charge is 1.88. The standard InChI is InChI=1S/C10H8N2S/c1-2-4-9(5-3-1)6-7-10-12-11-8-13-10/h1-8H. The van der Waals surface area contributed by atoms with Crippen LogP contribution in [0.3, 0.4) is 0 Å². The number of rotatable bonds is 2. The van der Waals surface area contributed by atoms with Gasteiger partial charge in [-0.2, -0.15) is 0 Å². The molecule has 1 aromatic heterocycles. The van der Waals surface area contributed by atoms with Crippen LogP contribution in [0.25, 0.3) is 12.2 Å². The van der Waals surface area contributed by atoms with Gasteiger partial charge in [-0.25, -0.2) is 0 Å². The van der Waals surface area contributed by atoms with Gasteiger partial charge >= 0.3 is 0 Å². The normalized spacial score (nSPS) is 10.8. The lowest BCUT2D eigenvalue weighted by Crippen LogP contribution is -1.70. The first-order valence-electron chi connectivity index (χ1n) is 3.94. The Labute approximate surface area is 80.6 Å². The molecule has 0 amide bonds. The maximum Gasteiger partial charge on any atom is 0.140 e. The van der Waals surface area contributed by atoms with E-state index in [1.165, 1.54) is 16.9 Å². The highest BCUT2D eigenvalue weighted by atomic mass is 32.1. The molecule has 2 rings (SSSR count).